The molecule has 14 heavy (non-hydrogen) atoms. The fourth-order valence-corrected chi connectivity index (χ4v) is 1.65. The predicted molar refractivity (Wildman–Crippen MR) is 65.1 cm³/mol. The van der Waals surface area contributed by atoms with Crippen LogP contribution in [0.3, 0.4) is 0 Å². The van der Waals surface area contributed by atoms with Crippen LogP contribution in [0.2, 0.25) is 0 Å². The summed E-state index contributed by atoms with van der Waals surface area (Å²) in [5.74, 6) is 2.25. The van der Waals surface area contributed by atoms with Gasteiger partial charge in [0.25, 0.3) is 5.91 Å². The highest BCUT2D eigenvalue weighted by Gasteiger charge is 2.09. The van der Waals surface area contributed by atoms with E-state index >= 15 is 0 Å². The van der Waals surface area contributed by atoms with E-state index in [4.69, 9.17) is 6.42 Å². The zero-order chi connectivity index (χ0) is 10.6. The van der Waals surface area contributed by atoms with Gasteiger partial charge in [0.15, 0.2) is 0 Å². The molecular weight excluding hydrogens is 289 g/mol. The summed E-state index contributed by atoms with van der Waals surface area (Å²) in [5, 5.41) is 2.64. The van der Waals surface area contributed by atoms with E-state index in [0.29, 0.717) is 5.56 Å². The maximum Gasteiger partial charge on any atom is 0.253 e. The average Bonchev–Trinajstić information content (AvgIpc) is 2.18. The van der Waals surface area contributed by atoms with Gasteiger partial charge in [-0.1, -0.05) is 18.1 Å². The van der Waals surface area contributed by atoms with Crippen molar-refractivity contribution in [3.63, 3.8) is 0 Å². The Kier molecular flexibility index (Phi) is 3.96. The average molecular weight is 299 g/mol. The van der Waals surface area contributed by atoms with Crippen LogP contribution in [0.4, 0.5) is 0 Å². The number of rotatable bonds is 2. The lowest BCUT2D eigenvalue weighted by Crippen LogP contribution is -2.24. The van der Waals surface area contributed by atoms with Crippen molar-refractivity contribution in [1.82, 2.24) is 5.32 Å². The molecule has 1 N–H and O–H groups in total. The van der Waals surface area contributed by atoms with Gasteiger partial charge in [-0.05, 0) is 41.1 Å². The van der Waals surface area contributed by atoms with Crippen LogP contribution >= 0.6 is 22.6 Å². The van der Waals surface area contributed by atoms with Gasteiger partial charge in [-0.3, -0.25) is 4.79 Å². The summed E-state index contributed by atoms with van der Waals surface area (Å²) in [4.78, 5) is 11.6. The molecule has 0 aromatic heterocycles. The van der Waals surface area contributed by atoms with Gasteiger partial charge in [0, 0.05) is 3.57 Å². The van der Waals surface area contributed by atoms with Gasteiger partial charge in [-0.2, -0.15) is 0 Å². The second kappa shape index (κ2) is 5.01. The maximum atomic E-state index is 11.6. The minimum atomic E-state index is -0.115. The number of benzene rings is 1. The third-order valence-corrected chi connectivity index (χ3v) is 3.22. The number of nitrogens with one attached hydrogen (secondary N) is 1. The Hall–Kier alpha value is -1.02. The number of carbonyl (C=O) groups excluding carboxylic acids is 1. The van der Waals surface area contributed by atoms with Gasteiger partial charge in [-0.25, -0.2) is 0 Å². The summed E-state index contributed by atoms with van der Waals surface area (Å²) >= 11 is 2.16. The molecule has 0 unspecified atom stereocenters. The molecule has 0 saturated carbocycles. The van der Waals surface area contributed by atoms with Gasteiger partial charge in [0.1, 0.15) is 0 Å². The first-order valence-corrected chi connectivity index (χ1v) is 5.21. The standard InChI is InChI=1S/C11H10INO/c1-3-7-13-11(14)9-6-4-5-8(2)10(9)12/h1,4-6H,7H2,2H3,(H,13,14). The number of amides is 1. The monoisotopic (exact) mass is 299 g/mol. The Morgan fingerprint density at radius 2 is 2.36 bits per heavy atom. The lowest BCUT2D eigenvalue weighted by atomic mass is 10.1. The van der Waals surface area contributed by atoms with Gasteiger partial charge >= 0.3 is 0 Å². The first-order chi connectivity index (χ1) is 6.66. The van der Waals surface area contributed by atoms with Gasteiger partial charge in [-0.15, -0.1) is 6.42 Å². The molecule has 0 aliphatic heterocycles. The zero-order valence-electron chi connectivity index (χ0n) is 7.80. The third-order valence-electron chi connectivity index (χ3n) is 1.79. The fraction of sp³-hybridized carbons (Fsp3) is 0.182. The molecule has 1 aromatic rings. The van der Waals surface area contributed by atoms with Crippen molar-refractivity contribution in [3.8, 4) is 12.3 Å². The predicted octanol–water partition coefficient (Wildman–Crippen LogP) is 1.96. The van der Waals surface area contributed by atoms with Crippen LogP contribution < -0.4 is 5.32 Å². The fourth-order valence-electron chi connectivity index (χ4n) is 1.05. The van der Waals surface area contributed by atoms with Crippen LogP contribution in [0, 0.1) is 22.8 Å². The molecular formula is C11H10INO. The van der Waals surface area contributed by atoms with Gasteiger partial charge < -0.3 is 5.32 Å². The minimum absolute atomic E-state index is 0.115. The first kappa shape index (κ1) is 11.1. The molecule has 0 atom stereocenters. The topological polar surface area (TPSA) is 29.1 Å². The normalized spacial score (nSPS) is 9.21. The minimum Gasteiger partial charge on any atom is -0.341 e. The molecule has 0 aliphatic carbocycles. The molecule has 72 valence electrons. The molecule has 3 heteroatoms. The van der Waals surface area contributed by atoms with Gasteiger partial charge in [0.2, 0.25) is 0 Å². The van der Waals surface area contributed by atoms with Crippen molar-refractivity contribution in [2.45, 2.75) is 6.92 Å². The molecule has 0 heterocycles. The summed E-state index contributed by atoms with van der Waals surface area (Å²) in [7, 11) is 0. The Bertz CT molecular complexity index is 393. The highest BCUT2D eigenvalue weighted by atomic mass is 127. The zero-order valence-corrected chi connectivity index (χ0v) is 9.96. The van der Waals surface area contributed by atoms with Gasteiger partial charge in [0.05, 0.1) is 12.1 Å². The van der Waals surface area contributed by atoms with Crippen molar-refractivity contribution < 1.29 is 4.79 Å². The molecule has 2 nitrogen and oxygen atoms in total. The third kappa shape index (κ3) is 2.48. The molecule has 1 rings (SSSR count). The quantitative estimate of drug-likeness (QED) is 0.656. The smallest absolute Gasteiger partial charge is 0.253 e. The molecule has 0 fully saturated rings. The Morgan fingerprint density at radius 1 is 1.64 bits per heavy atom. The van der Waals surface area contributed by atoms with Crippen molar-refractivity contribution in [2.24, 2.45) is 0 Å². The number of carbonyl (C=O) groups is 1. The van der Waals surface area contributed by atoms with E-state index in [1.165, 1.54) is 0 Å². The molecule has 0 aliphatic rings. The molecule has 0 spiro atoms. The van der Waals surface area contributed by atoms with E-state index in [2.05, 4.69) is 33.8 Å². The SMILES string of the molecule is C#CCNC(=O)c1cccc(C)c1I. The van der Waals surface area contributed by atoms with Crippen LogP contribution in [0.1, 0.15) is 15.9 Å². The largest absolute Gasteiger partial charge is 0.341 e. The van der Waals surface area contributed by atoms with E-state index in [1.54, 1.807) is 6.07 Å². The van der Waals surface area contributed by atoms with Crippen LogP contribution in [0.5, 0.6) is 0 Å². The second-order valence-electron chi connectivity index (χ2n) is 2.82. The summed E-state index contributed by atoms with van der Waals surface area (Å²) in [6, 6.07) is 5.63. The molecule has 0 radical (unpaired) electrons. The van der Waals surface area contributed by atoms with Crippen molar-refractivity contribution in [1.29, 1.82) is 0 Å². The van der Waals surface area contributed by atoms with E-state index in [1.807, 2.05) is 19.1 Å². The van der Waals surface area contributed by atoms with Crippen LogP contribution in [-0.4, -0.2) is 12.5 Å². The lowest BCUT2D eigenvalue weighted by molar-refractivity contribution is 0.0957. The number of aryl methyl sites for hydroxylation is 1. The Morgan fingerprint density at radius 3 is 3.00 bits per heavy atom. The summed E-state index contributed by atoms with van der Waals surface area (Å²) in [6.45, 7) is 2.24. The van der Waals surface area contributed by atoms with Crippen molar-refractivity contribution >= 4 is 28.5 Å². The van der Waals surface area contributed by atoms with E-state index in [-0.39, 0.29) is 12.5 Å². The highest BCUT2D eigenvalue weighted by Crippen LogP contribution is 2.16. The van der Waals surface area contributed by atoms with E-state index < -0.39 is 0 Å². The Balaban J connectivity index is 2.91. The van der Waals surface area contributed by atoms with E-state index in [0.717, 1.165) is 9.13 Å². The lowest BCUT2D eigenvalue weighted by Gasteiger charge is -2.05. The summed E-state index contributed by atoms with van der Waals surface area (Å²) in [5.41, 5.74) is 1.78. The van der Waals surface area contributed by atoms with Crippen molar-refractivity contribution in [3.05, 3.63) is 32.9 Å². The van der Waals surface area contributed by atoms with Crippen LogP contribution in [0.25, 0.3) is 0 Å². The molecule has 0 saturated heterocycles. The van der Waals surface area contributed by atoms with Crippen LogP contribution in [-0.2, 0) is 0 Å². The molecule has 1 aromatic carbocycles. The number of halogens is 1. The highest BCUT2D eigenvalue weighted by molar-refractivity contribution is 14.1. The summed E-state index contributed by atoms with van der Waals surface area (Å²) < 4.78 is 0.972. The maximum absolute atomic E-state index is 11.6. The number of terminal acetylenes is 1. The first-order valence-electron chi connectivity index (χ1n) is 4.13. The second-order valence-corrected chi connectivity index (χ2v) is 3.90. The van der Waals surface area contributed by atoms with E-state index in [9.17, 15) is 4.79 Å². The number of hydrogen-bond acceptors (Lipinski definition) is 1. The molecule has 1 amide bonds. The van der Waals surface area contributed by atoms with Crippen molar-refractivity contribution in [2.75, 3.05) is 6.54 Å². The number of hydrogen-bond donors (Lipinski definition) is 1. The molecule has 0 bridgehead atoms. The Labute approximate surface area is 97.2 Å². The van der Waals surface area contributed by atoms with Crippen LogP contribution in [0.15, 0.2) is 18.2 Å². The summed E-state index contributed by atoms with van der Waals surface area (Å²) in [6.07, 6.45) is 5.06.